The molecule has 0 aliphatic carbocycles. The van der Waals surface area contributed by atoms with Gasteiger partial charge in [0, 0.05) is 27.5 Å². The van der Waals surface area contributed by atoms with Crippen LogP contribution in [0.4, 0.5) is 4.39 Å². The minimum atomic E-state index is -0.312. The lowest BCUT2D eigenvalue weighted by atomic mass is 10.1. The van der Waals surface area contributed by atoms with E-state index >= 15 is 0 Å². The van der Waals surface area contributed by atoms with Crippen molar-refractivity contribution in [2.75, 3.05) is 0 Å². The third-order valence-electron chi connectivity index (χ3n) is 3.33. The molecule has 5 heteroatoms. The summed E-state index contributed by atoms with van der Waals surface area (Å²) in [4.78, 5) is 5.90. The zero-order valence-corrected chi connectivity index (χ0v) is 14.9. The van der Waals surface area contributed by atoms with Gasteiger partial charge in [-0.2, -0.15) is 0 Å². The number of nitrogens with zero attached hydrogens (tertiary/aromatic N) is 1. The third kappa shape index (κ3) is 4.56. The molecule has 3 rings (SSSR count). The van der Waals surface area contributed by atoms with E-state index in [2.05, 4.69) is 41.6 Å². The van der Waals surface area contributed by atoms with Crippen molar-refractivity contribution in [3.05, 3.63) is 80.5 Å². The molecule has 0 saturated carbocycles. The number of aryl methyl sites for hydroxylation is 1. The van der Waals surface area contributed by atoms with E-state index in [0.717, 1.165) is 22.0 Å². The summed E-state index contributed by atoms with van der Waals surface area (Å²) in [5.41, 5.74) is 3.23. The topological polar surface area (TPSA) is 12.9 Å². The summed E-state index contributed by atoms with van der Waals surface area (Å²) in [6.07, 6.45) is 0.638. The number of benzene rings is 2. The van der Waals surface area contributed by atoms with Crippen molar-refractivity contribution in [3.63, 3.8) is 0 Å². The van der Waals surface area contributed by atoms with Crippen LogP contribution in [0.2, 0.25) is 5.02 Å². The smallest absolute Gasteiger partial charge is 0.124 e. The van der Waals surface area contributed by atoms with E-state index in [1.54, 1.807) is 29.2 Å². The van der Waals surface area contributed by atoms with Gasteiger partial charge < -0.3 is 0 Å². The van der Waals surface area contributed by atoms with Crippen molar-refractivity contribution in [3.8, 4) is 0 Å². The van der Waals surface area contributed by atoms with Crippen LogP contribution in [0.15, 0.2) is 52.7 Å². The van der Waals surface area contributed by atoms with Gasteiger partial charge in [-0.1, -0.05) is 35.4 Å². The Morgan fingerprint density at radius 3 is 2.87 bits per heavy atom. The van der Waals surface area contributed by atoms with E-state index in [9.17, 15) is 4.39 Å². The van der Waals surface area contributed by atoms with Crippen LogP contribution in [0.1, 0.15) is 21.8 Å². The van der Waals surface area contributed by atoms with Crippen LogP contribution < -0.4 is 0 Å². The molecule has 23 heavy (non-hydrogen) atoms. The highest BCUT2D eigenvalue weighted by atomic mass is 35.5. The molecule has 0 atom stereocenters. The first kappa shape index (κ1) is 16.5. The molecule has 118 valence electrons. The van der Waals surface area contributed by atoms with Crippen LogP contribution in [0.5, 0.6) is 0 Å². The quantitative estimate of drug-likeness (QED) is 0.506. The lowest BCUT2D eigenvalue weighted by molar-refractivity contribution is 0.627. The molecule has 0 unspecified atom stereocenters. The molecule has 0 aliphatic heterocycles. The number of halogens is 2. The standard InChI is InChI=1S/C18H15ClFNS2/c1-12-3-2-4-16(7-12)22-10-15-11-23-18(21-15)8-13-5-6-14(20)9-17(13)19/h2-7,9,11H,8,10H2,1H3. The van der Waals surface area contributed by atoms with E-state index in [-0.39, 0.29) is 5.82 Å². The molecule has 0 radical (unpaired) electrons. The maximum absolute atomic E-state index is 13.1. The summed E-state index contributed by atoms with van der Waals surface area (Å²) in [5.74, 6) is 0.532. The minimum absolute atomic E-state index is 0.312. The Morgan fingerprint density at radius 1 is 1.22 bits per heavy atom. The second-order valence-corrected chi connectivity index (χ2v) is 7.65. The Balaban J connectivity index is 1.64. The first-order chi connectivity index (χ1) is 11.1. The lowest BCUT2D eigenvalue weighted by Crippen LogP contribution is -1.91. The van der Waals surface area contributed by atoms with Crippen LogP contribution >= 0.6 is 34.7 Å². The van der Waals surface area contributed by atoms with Gasteiger partial charge in [0.25, 0.3) is 0 Å². The molecule has 0 bridgehead atoms. The molecule has 0 aliphatic rings. The van der Waals surface area contributed by atoms with Gasteiger partial charge in [0.05, 0.1) is 10.7 Å². The number of rotatable bonds is 5. The van der Waals surface area contributed by atoms with Crippen molar-refractivity contribution in [1.82, 2.24) is 4.98 Å². The maximum atomic E-state index is 13.1. The molecular weight excluding hydrogens is 349 g/mol. The Labute approximate surface area is 148 Å². The van der Waals surface area contributed by atoms with Crippen molar-refractivity contribution in [2.24, 2.45) is 0 Å². The highest BCUT2D eigenvalue weighted by Crippen LogP contribution is 2.26. The molecule has 0 spiro atoms. The van der Waals surface area contributed by atoms with Crippen LogP contribution in [0.3, 0.4) is 0 Å². The van der Waals surface area contributed by atoms with Crippen molar-refractivity contribution in [1.29, 1.82) is 0 Å². The molecule has 2 aromatic carbocycles. The second kappa shape index (κ2) is 7.47. The predicted molar refractivity (Wildman–Crippen MR) is 97.1 cm³/mol. The van der Waals surface area contributed by atoms with E-state index < -0.39 is 0 Å². The van der Waals surface area contributed by atoms with Gasteiger partial charge in [-0.3, -0.25) is 0 Å². The van der Waals surface area contributed by atoms with E-state index in [1.165, 1.54) is 22.6 Å². The summed E-state index contributed by atoms with van der Waals surface area (Å²) in [7, 11) is 0. The minimum Gasteiger partial charge on any atom is -0.245 e. The molecule has 1 heterocycles. The summed E-state index contributed by atoms with van der Waals surface area (Å²) < 4.78 is 13.1. The van der Waals surface area contributed by atoms with Gasteiger partial charge >= 0.3 is 0 Å². The van der Waals surface area contributed by atoms with Gasteiger partial charge in [0.15, 0.2) is 0 Å². The van der Waals surface area contributed by atoms with Crippen LogP contribution in [-0.2, 0) is 12.2 Å². The number of thioether (sulfide) groups is 1. The monoisotopic (exact) mass is 363 g/mol. The number of aromatic nitrogens is 1. The molecule has 1 nitrogen and oxygen atoms in total. The zero-order chi connectivity index (χ0) is 16.2. The SMILES string of the molecule is Cc1cccc(SCc2csc(Cc3ccc(F)cc3Cl)n2)c1. The highest BCUT2D eigenvalue weighted by Gasteiger charge is 2.08. The average molecular weight is 364 g/mol. The Bertz CT molecular complexity index is 816. The lowest BCUT2D eigenvalue weighted by Gasteiger charge is -2.02. The molecule has 0 N–H and O–H groups in total. The Kier molecular flexibility index (Phi) is 5.36. The van der Waals surface area contributed by atoms with Crippen molar-refractivity contribution in [2.45, 2.75) is 24.0 Å². The first-order valence-electron chi connectivity index (χ1n) is 7.17. The molecule has 1 aromatic heterocycles. The Hall–Kier alpha value is -1.36. The molecular formula is C18H15ClFNS2. The molecule has 0 saturated heterocycles. The van der Waals surface area contributed by atoms with Gasteiger partial charge in [0.2, 0.25) is 0 Å². The zero-order valence-electron chi connectivity index (χ0n) is 12.6. The van der Waals surface area contributed by atoms with Crippen molar-refractivity contribution >= 4 is 34.7 Å². The number of thiazole rings is 1. The molecule has 0 amide bonds. The first-order valence-corrected chi connectivity index (χ1v) is 9.41. The highest BCUT2D eigenvalue weighted by molar-refractivity contribution is 7.98. The molecule has 3 aromatic rings. The fraction of sp³-hybridized carbons (Fsp3) is 0.167. The number of hydrogen-bond acceptors (Lipinski definition) is 3. The predicted octanol–water partition coefficient (Wildman–Crippen LogP) is 6.13. The normalized spacial score (nSPS) is 10.9. The maximum Gasteiger partial charge on any atom is 0.124 e. The Morgan fingerprint density at radius 2 is 2.09 bits per heavy atom. The summed E-state index contributed by atoms with van der Waals surface area (Å²) >= 11 is 9.47. The summed E-state index contributed by atoms with van der Waals surface area (Å²) in [6, 6.07) is 13.0. The third-order valence-corrected chi connectivity index (χ3v) is 5.61. The van der Waals surface area contributed by atoms with Gasteiger partial charge in [0.1, 0.15) is 5.82 Å². The second-order valence-electron chi connectivity index (χ2n) is 5.25. The van der Waals surface area contributed by atoms with Gasteiger partial charge in [-0.25, -0.2) is 9.37 Å². The summed E-state index contributed by atoms with van der Waals surface area (Å²) in [5, 5.41) is 3.53. The largest absolute Gasteiger partial charge is 0.245 e. The van der Waals surface area contributed by atoms with Crippen LogP contribution in [0, 0.1) is 12.7 Å². The van der Waals surface area contributed by atoms with Gasteiger partial charge in [-0.05, 0) is 36.8 Å². The van der Waals surface area contributed by atoms with E-state index in [1.807, 2.05) is 0 Å². The van der Waals surface area contributed by atoms with E-state index in [0.29, 0.717) is 11.4 Å². The molecule has 0 fully saturated rings. The fourth-order valence-corrected chi connectivity index (χ4v) is 4.25. The van der Waals surface area contributed by atoms with Gasteiger partial charge in [-0.15, -0.1) is 23.1 Å². The summed E-state index contributed by atoms with van der Waals surface area (Å²) in [6.45, 7) is 2.09. The van der Waals surface area contributed by atoms with E-state index in [4.69, 9.17) is 11.6 Å². The van der Waals surface area contributed by atoms with Crippen LogP contribution in [0.25, 0.3) is 0 Å². The average Bonchev–Trinajstić information content (AvgIpc) is 2.96. The fourth-order valence-electron chi connectivity index (χ4n) is 2.19. The van der Waals surface area contributed by atoms with Crippen molar-refractivity contribution < 1.29 is 4.39 Å². The van der Waals surface area contributed by atoms with Crippen LogP contribution in [-0.4, -0.2) is 4.98 Å². The number of hydrogen-bond donors (Lipinski definition) is 0.